The van der Waals surface area contributed by atoms with Gasteiger partial charge in [0, 0.05) is 18.7 Å². The fourth-order valence-corrected chi connectivity index (χ4v) is 4.46. The largest absolute Gasteiger partial charge is 0.493 e. The lowest BCUT2D eigenvalue weighted by atomic mass is 9.84. The normalized spacial score (nSPS) is 17.0. The lowest BCUT2D eigenvalue weighted by Crippen LogP contribution is -2.45. The molecule has 1 aromatic rings. The first-order chi connectivity index (χ1) is 11.0. The molecule has 0 aromatic heterocycles. The second-order valence-corrected chi connectivity index (χ2v) is 7.59. The molecule has 0 radical (unpaired) electrons. The lowest BCUT2D eigenvalue weighted by Gasteiger charge is -2.29. The van der Waals surface area contributed by atoms with E-state index in [9.17, 15) is 8.42 Å². The predicted molar refractivity (Wildman–Crippen MR) is 96.5 cm³/mol. The molecule has 0 saturated heterocycles. The number of rotatable bonds is 7. The highest BCUT2D eigenvalue weighted by Gasteiger charge is 2.27. The van der Waals surface area contributed by atoms with Crippen LogP contribution in [0.1, 0.15) is 32.1 Å². The Labute approximate surface area is 150 Å². The Morgan fingerprint density at radius 1 is 1.17 bits per heavy atom. The molecule has 2 rings (SSSR count). The minimum atomic E-state index is -3.64. The zero-order chi connectivity index (χ0) is 16.9. The van der Waals surface area contributed by atoms with E-state index in [1.807, 2.05) is 0 Å². The van der Waals surface area contributed by atoms with Crippen LogP contribution in [0.25, 0.3) is 0 Å². The van der Waals surface area contributed by atoms with Gasteiger partial charge in [-0.2, -0.15) is 0 Å². The Balaban J connectivity index is 0.00000288. The fourth-order valence-electron chi connectivity index (χ4n) is 3.12. The van der Waals surface area contributed by atoms with Crippen molar-refractivity contribution in [2.24, 2.45) is 11.7 Å². The van der Waals surface area contributed by atoms with E-state index in [0.717, 1.165) is 25.7 Å². The molecule has 1 fully saturated rings. The maximum absolute atomic E-state index is 12.6. The third-order valence-electron chi connectivity index (χ3n) is 4.44. The minimum absolute atomic E-state index is 0. The van der Waals surface area contributed by atoms with E-state index in [4.69, 9.17) is 15.2 Å². The number of halogens is 1. The summed E-state index contributed by atoms with van der Waals surface area (Å²) in [6.07, 6.45) is 5.54. The van der Waals surface area contributed by atoms with Crippen molar-refractivity contribution in [2.45, 2.75) is 43.0 Å². The highest BCUT2D eigenvalue weighted by atomic mass is 35.5. The number of hydrogen-bond donors (Lipinski definition) is 2. The van der Waals surface area contributed by atoms with E-state index in [1.165, 1.54) is 32.8 Å². The molecule has 0 amide bonds. The maximum atomic E-state index is 12.6. The van der Waals surface area contributed by atoms with Gasteiger partial charge in [0.15, 0.2) is 11.5 Å². The van der Waals surface area contributed by atoms with Crippen molar-refractivity contribution in [1.82, 2.24) is 4.72 Å². The first-order valence-electron chi connectivity index (χ1n) is 7.96. The van der Waals surface area contributed by atoms with Crippen LogP contribution in [0.5, 0.6) is 11.5 Å². The number of nitrogens with two attached hydrogens (primary N) is 1. The summed E-state index contributed by atoms with van der Waals surface area (Å²) >= 11 is 0. The van der Waals surface area contributed by atoms with Crippen molar-refractivity contribution in [3.63, 3.8) is 0 Å². The fraction of sp³-hybridized carbons (Fsp3) is 0.625. The van der Waals surface area contributed by atoms with Gasteiger partial charge < -0.3 is 15.2 Å². The van der Waals surface area contributed by atoms with Crippen LogP contribution in [-0.2, 0) is 10.0 Å². The molecule has 6 nitrogen and oxygen atoms in total. The van der Waals surface area contributed by atoms with Gasteiger partial charge in [-0.1, -0.05) is 19.3 Å². The molecule has 0 spiro atoms. The third kappa shape index (κ3) is 4.99. The van der Waals surface area contributed by atoms with Gasteiger partial charge in [-0.3, -0.25) is 0 Å². The zero-order valence-corrected chi connectivity index (χ0v) is 15.8. The van der Waals surface area contributed by atoms with Gasteiger partial charge in [0.05, 0.1) is 19.1 Å². The van der Waals surface area contributed by atoms with E-state index < -0.39 is 10.0 Å². The van der Waals surface area contributed by atoms with Gasteiger partial charge in [-0.05, 0) is 30.9 Å². The first kappa shape index (κ1) is 21.0. The SMILES string of the molecule is COc1ccc(S(=O)(=O)NC(CN)C2CCCCC2)cc1OC.Cl. The molecule has 1 aliphatic rings. The van der Waals surface area contributed by atoms with E-state index in [1.54, 1.807) is 6.07 Å². The van der Waals surface area contributed by atoms with Crippen LogP contribution in [0.3, 0.4) is 0 Å². The Morgan fingerprint density at radius 2 is 1.79 bits per heavy atom. The van der Waals surface area contributed by atoms with E-state index in [2.05, 4.69) is 4.72 Å². The van der Waals surface area contributed by atoms with Crippen LogP contribution in [0.2, 0.25) is 0 Å². The minimum Gasteiger partial charge on any atom is -0.493 e. The van der Waals surface area contributed by atoms with Gasteiger partial charge in [0.25, 0.3) is 0 Å². The second kappa shape index (κ2) is 9.46. The molecular weight excluding hydrogens is 352 g/mol. The molecule has 0 heterocycles. The molecule has 24 heavy (non-hydrogen) atoms. The second-order valence-electron chi connectivity index (χ2n) is 5.88. The van der Waals surface area contributed by atoms with Gasteiger partial charge in [0.1, 0.15) is 0 Å². The summed E-state index contributed by atoms with van der Waals surface area (Å²) in [5.74, 6) is 1.19. The summed E-state index contributed by atoms with van der Waals surface area (Å²) in [4.78, 5) is 0.157. The molecule has 0 bridgehead atoms. The quantitative estimate of drug-likeness (QED) is 0.759. The molecule has 138 valence electrons. The number of methoxy groups -OCH3 is 2. The summed E-state index contributed by atoms with van der Waals surface area (Å²) in [7, 11) is -0.654. The van der Waals surface area contributed by atoms with E-state index >= 15 is 0 Å². The topological polar surface area (TPSA) is 90.7 Å². The van der Waals surface area contributed by atoms with Crippen LogP contribution in [0.15, 0.2) is 23.1 Å². The molecule has 0 aliphatic heterocycles. The van der Waals surface area contributed by atoms with Crippen LogP contribution < -0.4 is 19.9 Å². The molecule has 1 aliphatic carbocycles. The average molecular weight is 379 g/mol. The van der Waals surface area contributed by atoms with Gasteiger partial charge >= 0.3 is 0 Å². The summed E-state index contributed by atoms with van der Waals surface area (Å²) < 4.78 is 38.4. The molecule has 1 atom stereocenters. The lowest BCUT2D eigenvalue weighted by molar-refractivity contribution is 0.294. The number of hydrogen-bond acceptors (Lipinski definition) is 5. The smallest absolute Gasteiger partial charge is 0.241 e. The van der Waals surface area contributed by atoms with Gasteiger partial charge in [-0.15, -0.1) is 12.4 Å². The van der Waals surface area contributed by atoms with E-state index in [-0.39, 0.29) is 23.3 Å². The zero-order valence-electron chi connectivity index (χ0n) is 14.2. The molecule has 3 N–H and O–H groups in total. The van der Waals surface area contributed by atoms with Crippen molar-refractivity contribution < 1.29 is 17.9 Å². The molecule has 1 saturated carbocycles. The van der Waals surface area contributed by atoms with Crippen LogP contribution in [0.4, 0.5) is 0 Å². The number of benzene rings is 1. The van der Waals surface area contributed by atoms with Crippen molar-refractivity contribution >= 4 is 22.4 Å². The summed E-state index contributed by atoms with van der Waals surface area (Å²) in [5, 5.41) is 0. The van der Waals surface area contributed by atoms with Crippen LogP contribution in [-0.4, -0.2) is 35.2 Å². The molecule has 8 heteroatoms. The maximum Gasteiger partial charge on any atom is 0.241 e. The number of sulfonamides is 1. The standard InChI is InChI=1S/C16H26N2O4S.ClH/c1-21-15-9-8-13(10-16(15)22-2)23(19,20)18-14(11-17)12-6-4-3-5-7-12;/h8-10,12,14,18H,3-7,11,17H2,1-2H3;1H. The summed E-state index contributed by atoms with van der Waals surface area (Å²) in [5.41, 5.74) is 5.82. The first-order valence-corrected chi connectivity index (χ1v) is 9.44. The van der Waals surface area contributed by atoms with Crippen molar-refractivity contribution in [2.75, 3.05) is 20.8 Å². The van der Waals surface area contributed by atoms with Gasteiger partial charge in [-0.25, -0.2) is 13.1 Å². The van der Waals surface area contributed by atoms with Crippen molar-refractivity contribution in [1.29, 1.82) is 0 Å². The summed E-state index contributed by atoms with van der Waals surface area (Å²) in [6.45, 7) is 0.303. The third-order valence-corrected chi connectivity index (χ3v) is 5.93. The highest BCUT2D eigenvalue weighted by Crippen LogP contribution is 2.30. The van der Waals surface area contributed by atoms with Crippen LogP contribution in [0, 0.1) is 5.92 Å². The van der Waals surface area contributed by atoms with Crippen LogP contribution >= 0.6 is 12.4 Å². The monoisotopic (exact) mass is 378 g/mol. The Kier molecular flexibility index (Phi) is 8.29. The van der Waals surface area contributed by atoms with Crippen molar-refractivity contribution in [3.05, 3.63) is 18.2 Å². The predicted octanol–water partition coefficient (Wildman–Crippen LogP) is 2.31. The van der Waals surface area contributed by atoms with Crippen molar-refractivity contribution in [3.8, 4) is 11.5 Å². The summed E-state index contributed by atoms with van der Waals surface area (Å²) in [6, 6.07) is 4.34. The Bertz CT molecular complexity index is 619. The number of ether oxygens (including phenoxy) is 2. The average Bonchev–Trinajstić information content (AvgIpc) is 2.59. The molecule has 1 aromatic carbocycles. The molecule has 1 unspecified atom stereocenters. The Hall–Kier alpha value is -1.02. The highest BCUT2D eigenvalue weighted by molar-refractivity contribution is 7.89. The number of nitrogens with one attached hydrogen (secondary N) is 1. The molecular formula is C16H27ClN2O4S. The Morgan fingerprint density at radius 3 is 2.33 bits per heavy atom. The van der Waals surface area contributed by atoms with E-state index in [0.29, 0.717) is 24.0 Å². The van der Waals surface area contributed by atoms with Gasteiger partial charge in [0.2, 0.25) is 10.0 Å².